The van der Waals surface area contributed by atoms with Crippen LogP contribution < -0.4 is 10.2 Å². The third-order valence-corrected chi connectivity index (χ3v) is 6.75. The fourth-order valence-corrected chi connectivity index (χ4v) is 5.11. The Morgan fingerprint density at radius 3 is 2.62 bits per heavy atom. The Morgan fingerprint density at radius 2 is 1.97 bits per heavy atom. The molecule has 166 valence electrons. The van der Waals surface area contributed by atoms with Crippen molar-refractivity contribution in [2.75, 3.05) is 36.4 Å². The van der Waals surface area contributed by atoms with Gasteiger partial charge in [-0.25, -0.2) is 4.39 Å². The van der Waals surface area contributed by atoms with Crippen LogP contribution in [0.4, 0.5) is 15.1 Å². The van der Waals surface area contributed by atoms with Gasteiger partial charge in [0.05, 0.1) is 5.02 Å². The van der Waals surface area contributed by atoms with E-state index in [1.807, 2.05) is 13.0 Å². The third kappa shape index (κ3) is 4.08. The van der Waals surface area contributed by atoms with Crippen molar-refractivity contribution < 1.29 is 14.0 Å². The van der Waals surface area contributed by atoms with Gasteiger partial charge in [-0.3, -0.25) is 9.59 Å². The SMILES string of the molecule is C=CC(=O)N1CCN(c2snc3c(F)c(-c4cc(NC(C)=O)ccc4C)c(Cl)cc23)CC1. The molecule has 2 aromatic carbocycles. The van der Waals surface area contributed by atoms with Crippen molar-refractivity contribution in [2.45, 2.75) is 13.8 Å². The van der Waals surface area contributed by atoms with Crippen LogP contribution >= 0.6 is 23.1 Å². The van der Waals surface area contributed by atoms with Crippen molar-refractivity contribution in [3.63, 3.8) is 0 Å². The molecule has 9 heteroatoms. The van der Waals surface area contributed by atoms with Gasteiger partial charge in [0.1, 0.15) is 10.5 Å². The summed E-state index contributed by atoms with van der Waals surface area (Å²) in [5.74, 6) is -0.784. The number of halogens is 2. The molecule has 32 heavy (non-hydrogen) atoms. The van der Waals surface area contributed by atoms with Gasteiger partial charge in [-0.05, 0) is 53.9 Å². The van der Waals surface area contributed by atoms with Crippen molar-refractivity contribution in [3.05, 3.63) is 53.3 Å². The molecule has 0 saturated carbocycles. The first-order valence-electron chi connectivity index (χ1n) is 10.1. The summed E-state index contributed by atoms with van der Waals surface area (Å²) in [6, 6.07) is 7.05. The number of carbonyl (C=O) groups excluding carboxylic acids is 2. The highest BCUT2D eigenvalue weighted by Crippen LogP contribution is 2.42. The molecule has 1 aromatic heterocycles. The number of amides is 2. The molecular weight excluding hydrogens is 451 g/mol. The number of nitrogens with zero attached hydrogens (tertiary/aromatic N) is 3. The Morgan fingerprint density at radius 1 is 1.25 bits per heavy atom. The first-order chi connectivity index (χ1) is 15.3. The summed E-state index contributed by atoms with van der Waals surface area (Å²) >= 11 is 7.82. The van der Waals surface area contributed by atoms with Crippen molar-refractivity contribution >= 4 is 56.5 Å². The predicted octanol–water partition coefficient (Wildman–Crippen LogP) is 4.86. The molecular formula is C23H22ClFN4O2S. The van der Waals surface area contributed by atoms with Gasteiger partial charge in [-0.15, -0.1) is 0 Å². The van der Waals surface area contributed by atoms with E-state index < -0.39 is 5.82 Å². The molecule has 6 nitrogen and oxygen atoms in total. The van der Waals surface area contributed by atoms with Gasteiger partial charge in [-0.2, -0.15) is 4.37 Å². The zero-order valence-electron chi connectivity index (χ0n) is 17.7. The number of rotatable bonds is 4. The molecule has 1 N–H and O–H groups in total. The number of benzene rings is 2. The van der Waals surface area contributed by atoms with Crippen molar-refractivity contribution in [1.29, 1.82) is 0 Å². The number of hydrogen-bond acceptors (Lipinski definition) is 5. The lowest BCUT2D eigenvalue weighted by Crippen LogP contribution is -2.48. The van der Waals surface area contributed by atoms with Gasteiger partial charge in [0.15, 0.2) is 5.82 Å². The zero-order valence-corrected chi connectivity index (χ0v) is 19.3. The molecule has 1 fully saturated rings. The predicted molar refractivity (Wildman–Crippen MR) is 128 cm³/mol. The topological polar surface area (TPSA) is 65.5 Å². The summed E-state index contributed by atoms with van der Waals surface area (Å²) in [4.78, 5) is 27.1. The maximum Gasteiger partial charge on any atom is 0.246 e. The highest BCUT2D eigenvalue weighted by Gasteiger charge is 2.25. The second-order valence-electron chi connectivity index (χ2n) is 7.66. The molecule has 1 aliphatic heterocycles. The van der Waals surface area contributed by atoms with Crippen LogP contribution in [0.3, 0.4) is 0 Å². The first kappa shape index (κ1) is 22.2. The van der Waals surface area contributed by atoms with Crippen LogP contribution in [-0.2, 0) is 9.59 Å². The van der Waals surface area contributed by atoms with Crippen LogP contribution in [0.1, 0.15) is 12.5 Å². The molecule has 0 unspecified atom stereocenters. The number of fused-ring (bicyclic) bond motifs is 1. The van der Waals surface area contributed by atoms with E-state index in [0.717, 1.165) is 10.6 Å². The van der Waals surface area contributed by atoms with Gasteiger partial charge >= 0.3 is 0 Å². The van der Waals surface area contributed by atoms with E-state index in [4.69, 9.17) is 11.6 Å². The Hall–Kier alpha value is -2.97. The van der Waals surface area contributed by atoms with Crippen LogP contribution in [-0.4, -0.2) is 47.3 Å². The van der Waals surface area contributed by atoms with Crippen molar-refractivity contribution in [1.82, 2.24) is 9.27 Å². The average Bonchev–Trinajstić information content (AvgIpc) is 3.19. The number of anilines is 2. The molecule has 2 amide bonds. The quantitative estimate of drug-likeness (QED) is 0.551. The fourth-order valence-electron chi connectivity index (χ4n) is 3.91. The lowest BCUT2D eigenvalue weighted by Gasteiger charge is -2.34. The Labute approximate surface area is 194 Å². The minimum atomic E-state index is -0.487. The van der Waals surface area contributed by atoms with Gasteiger partial charge in [0.25, 0.3) is 0 Å². The normalized spacial score (nSPS) is 14.0. The second kappa shape index (κ2) is 8.88. The van der Waals surface area contributed by atoms with Crippen molar-refractivity contribution in [3.8, 4) is 11.1 Å². The molecule has 1 aliphatic rings. The zero-order chi connectivity index (χ0) is 23.0. The minimum absolute atomic E-state index is 0.0885. The van der Waals surface area contributed by atoms with Gasteiger partial charge < -0.3 is 15.1 Å². The van der Waals surface area contributed by atoms with Gasteiger partial charge in [0, 0.05) is 49.7 Å². The molecule has 0 spiro atoms. The lowest BCUT2D eigenvalue weighted by atomic mass is 9.98. The second-order valence-corrected chi connectivity index (χ2v) is 8.82. The Kier molecular flexibility index (Phi) is 6.17. The van der Waals surface area contributed by atoms with Crippen LogP contribution in [0.15, 0.2) is 36.9 Å². The largest absolute Gasteiger partial charge is 0.358 e. The number of hydrogen-bond donors (Lipinski definition) is 1. The maximum atomic E-state index is 15.7. The molecule has 3 aromatic rings. The first-order valence-corrected chi connectivity index (χ1v) is 11.3. The number of aromatic nitrogens is 1. The average molecular weight is 473 g/mol. The lowest BCUT2D eigenvalue weighted by molar-refractivity contribution is -0.126. The Bertz CT molecular complexity index is 1230. The number of piperazine rings is 1. The summed E-state index contributed by atoms with van der Waals surface area (Å²) in [6.07, 6.45) is 1.32. The van der Waals surface area contributed by atoms with E-state index in [-0.39, 0.29) is 27.9 Å². The molecule has 0 bridgehead atoms. The summed E-state index contributed by atoms with van der Waals surface area (Å²) in [6.45, 7) is 9.19. The van der Waals surface area contributed by atoms with Crippen LogP contribution in [0.25, 0.3) is 22.0 Å². The van der Waals surface area contributed by atoms with Crippen LogP contribution in [0, 0.1) is 12.7 Å². The molecule has 4 rings (SSSR count). The number of carbonyl (C=O) groups is 2. The Balaban J connectivity index is 1.72. The maximum absolute atomic E-state index is 15.7. The van der Waals surface area contributed by atoms with Crippen LogP contribution in [0.2, 0.25) is 5.02 Å². The highest BCUT2D eigenvalue weighted by molar-refractivity contribution is 7.11. The third-order valence-electron chi connectivity index (χ3n) is 5.53. The van der Waals surface area contributed by atoms with Gasteiger partial charge in [0.2, 0.25) is 11.8 Å². The molecule has 0 aliphatic carbocycles. The summed E-state index contributed by atoms with van der Waals surface area (Å²) in [5, 5.41) is 4.49. The van der Waals surface area contributed by atoms with E-state index >= 15 is 4.39 Å². The molecule has 0 radical (unpaired) electrons. The molecule has 0 atom stereocenters. The highest BCUT2D eigenvalue weighted by atomic mass is 35.5. The monoisotopic (exact) mass is 472 g/mol. The van der Waals surface area contributed by atoms with Crippen molar-refractivity contribution in [2.24, 2.45) is 0 Å². The number of aryl methyl sites for hydroxylation is 1. The van der Waals surface area contributed by atoms with E-state index in [2.05, 4.69) is 21.2 Å². The fraction of sp³-hybridized carbons (Fsp3) is 0.261. The van der Waals surface area contributed by atoms with E-state index in [9.17, 15) is 9.59 Å². The smallest absolute Gasteiger partial charge is 0.246 e. The van der Waals surface area contributed by atoms with E-state index in [1.165, 1.54) is 24.5 Å². The van der Waals surface area contributed by atoms with Crippen LogP contribution in [0.5, 0.6) is 0 Å². The molecule has 2 heterocycles. The van der Waals surface area contributed by atoms with E-state index in [0.29, 0.717) is 42.8 Å². The number of nitrogens with one attached hydrogen (secondary N) is 1. The summed E-state index contributed by atoms with van der Waals surface area (Å²) in [5.41, 5.74) is 2.53. The minimum Gasteiger partial charge on any atom is -0.358 e. The van der Waals surface area contributed by atoms with Gasteiger partial charge in [-0.1, -0.05) is 24.2 Å². The standard InChI is InChI=1S/C23H22ClFN4O2S/c1-4-19(31)28-7-9-29(10-8-28)23-17-12-18(24)20(21(25)22(17)27-32-23)16-11-15(26-14(3)30)6-5-13(16)2/h4-6,11-12H,1,7-10H2,2-3H3,(H,26,30). The summed E-state index contributed by atoms with van der Waals surface area (Å²) < 4.78 is 20.1. The van der Waals surface area contributed by atoms with E-state index in [1.54, 1.807) is 23.1 Å². The molecule has 1 saturated heterocycles. The summed E-state index contributed by atoms with van der Waals surface area (Å²) in [7, 11) is 0.